The minimum absolute atomic E-state index is 0.222. The van der Waals surface area contributed by atoms with Gasteiger partial charge in [0.15, 0.2) is 5.96 Å². The zero-order valence-corrected chi connectivity index (χ0v) is 14.5. The maximum atomic E-state index is 13.0. The number of guanidine groups is 1. The fourth-order valence-electron chi connectivity index (χ4n) is 2.74. The molecule has 25 heavy (non-hydrogen) atoms. The normalized spacial score (nSPS) is 11.7. The maximum Gasteiger partial charge on any atom is 0.193 e. The summed E-state index contributed by atoms with van der Waals surface area (Å²) in [4.78, 5) is 14.2. The molecule has 3 aromatic rings. The average molecular weight is 339 g/mol. The maximum absolute atomic E-state index is 13.0. The van der Waals surface area contributed by atoms with Gasteiger partial charge in [-0.25, -0.2) is 9.37 Å². The van der Waals surface area contributed by atoms with E-state index in [0.717, 1.165) is 41.3 Å². The Bertz CT molecular complexity index is 821. The van der Waals surface area contributed by atoms with Gasteiger partial charge in [0, 0.05) is 33.6 Å². The Morgan fingerprint density at radius 3 is 2.68 bits per heavy atom. The molecule has 0 radical (unpaired) electrons. The van der Waals surface area contributed by atoms with Crippen LogP contribution in [-0.4, -0.2) is 41.5 Å². The van der Waals surface area contributed by atoms with Gasteiger partial charge in [0.25, 0.3) is 0 Å². The van der Waals surface area contributed by atoms with Gasteiger partial charge in [-0.15, -0.1) is 0 Å². The molecule has 3 rings (SSSR count). The zero-order valence-electron chi connectivity index (χ0n) is 14.5. The van der Waals surface area contributed by atoms with Crippen molar-refractivity contribution in [3.05, 3.63) is 65.7 Å². The summed E-state index contributed by atoms with van der Waals surface area (Å²) in [7, 11) is 3.71. The summed E-state index contributed by atoms with van der Waals surface area (Å²) >= 11 is 0. The van der Waals surface area contributed by atoms with Gasteiger partial charge in [-0.05, 0) is 29.8 Å². The monoisotopic (exact) mass is 339 g/mol. The highest BCUT2D eigenvalue weighted by atomic mass is 19.1. The van der Waals surface area contributed by atoms with Crippen LogP contribution in [0.25, 0.3) is 11.0 Å². The summed E-state index contributed by atoms with van der Waals surface area (Å²) in [5, 5.41) is 3.34. The van der Waals surface area contributed by atoms with E-state index >= 15 is 0 Å². The Kier molecular flexibility index (Phi) is 5.28. The summed E-state index contributed by atoms with van der Waals surface area (Å²) < 4.78 is 13.0. The van der Waals surface area contributed by atoms with Crippen molar-refractivity contribution in [2.24, 2.45) is 4.99 Å². The van der Waals surface area contributed by atoms with Crippen LogP contribution >= 0.6 is 0 Å². The first kappa shape index (κ1) is 17.0. The van der Waals surface area contributed by atoms with Gasteiger partial charge in [0.1, 0.15) is 11.6 Å². The fraction of sp³-hybridized carbons (Fsp3) is 0.263. The molecular formula is C19H22FN5. The van der Waals surface area contributed by atoms with E-state index in [2.05, 4.69) is 20.3 Å². The van der Waals surface area contributed by atoms with Crippen LogP contribution in [-0.2, 0) is 13.0 Å². The third-order valence-electron chi connectivity index (χ3n) is 3.99. The number of para-hydroxylation sites is 2. The second-order valence-corrected chi connectivity index (χ2v) is 5.91. The van der Waals surface area contributed by atoms with Crippen LogP contribution in [0, 0.1) is 5.82 Å². The van der Waals surface area contributed by atoms with Crippen molar-refractivity contribution < 1.29 is 4.39 Å². The first-order valence-electron chi connectivity index (χ1n) is 8.25. The number of imidazole rings is 1. The first-order chi connectivity index (χ1) is 12.2. The van der Waals surface area contributed by atoms with Crippen molar-refractivity contribution >= 4 is 17.0 Å². The number of benzene rings is 2. The van der Waals surface area contributed by atoms with Crippen LogP contribution in [0.5, 0.6) is 0 Å². The molecule has 0 fully saturated rings. The van der Waals surface area contributed by atoms with Crippen molar-refractivity contribution in [3.8, 4) is 0 Å². The van der Waals surface area contributed by atoms with Gasteiger partial charge in [-0.2, -0.15) is 0 Å². The lowest BCUT2D eigenvalue weighted by molar-refractivity contribution is 0.476. The molecule has 0 saturated heterocycles. The number of halogens is 1. The Balaban J connectivity index is 1.54. The van der Waals surface area contributed by atoms with E-state index in [-0.39, 0.29) is 5.82 Å². The second kappa shape index (κ2) is 7.79. The van der Waals surface area contributed by atoms with Crippen molar-refractivity contribution in [1.29, 1.82) is 0 Å². The van der Waals surface area contributed by atoms with E-state index in [1.807, 2.05) is 36.2 Å². The van der Waals surface area contributed by atoms with Crippen LogP contribution in [0.2, 0.25) is 0 Å². The second-order valence-electron chi connectivity index (χ2n) is 5.91. The van der Waals surface area contributed by atoms with E-state index in [1.165, 1.54) is 12.1 Å². The summed E-state index contributed by atoms with van der Waals surface area (Å²) in [6.45, 7) is 1.38. The van der Waals surface area contributed by atoms with Gasteiger partial charge in [-0.1, -0.05) is 24.3 Å². The van der Waals surface area contributed by atoms with Crippen LogP contribution < -0.4 is 5.32 Å². The molecule has 2 N–H and O–H groups in total. The molecule has 0 aliphatic heterocycles. The van der Waals surface area contributed by atoms with Crippen LogP contribution in [0.3, 0.4) is 0 Å². The van der Waals surface area contributed by atoms with Crippen LogP contribution in [0.15, 0.2) is 53.5 Å². The fourth-order valence-corrected chi connectivity index (χ4v) is 2.74. The topological polar surface area (TPSA) is 56.3 Å². The quantitative estimate of drug-likeness (QED) is 0.555. The molecule has 0 aliphatic rings. The SMILES string of the molecule is CN=C(NCCc1nc2ccccc2[nH]1)N(C)Cc1ccc(F)cc1. The smallest absolute Gasteiger partial charge is 0.193 e. The molecule has 0 unspecified atom stereocenters. The summed E-state index contributed by atoms with van der Waals surface area (Å²) in [5.74, 6) is 1.52. The number of nitrogens with zero attached hydrogens (tertiary/aromatic N) is 3. The largest absolute Gasteiger partial charge is 0.356 e. The molecule has 1 aromatic heterocycles. The predicted molar refractivity (Wildman–Crippen MR) is 99.0 cm³/mol. The van der Waals surface area contributed by atoms with Crippen molar-refractivity contribution in [2.45, 2.75) is 13.0 Å². The molecule has 1 heterocycles. The highest BCUT2D eigenvalue weighted by molar-refractivity contribution is 5.79. The number of aromatic nitrogens is 2. The number of hydrogen-bond acceptors (Lipinski definition) is 2. The number of fused-ring (bicyclic) bond motifs is 1. The molecule has 0 amide bonds. The highest BCUT2D eigenvalue weighted by Crippen LogP contribution is 2.10. The molecule has 0 saturated carbocycles. The molecule has 0 spiro atoms. The van der Waals surface area contributed by atoms with E-state index in [4.69, 9.17) is 0 Å². The van der Waals surface area contributed by atoms with Gasteiger partial charge in [0.2, 0.25) is 0 Å². The Hall–Kier alpha value is -2.89. The number of rotatable bonds is 5. The minimum atomic E-state index is -0.222. The van der Waals surface area contributed by atoms with Crippen molar-refractivity contribution in [1.82, 2.24) is 20.2 Å². The van der Waals surface area contributed by atoms with E-state index in [0.29, 0.717) is 6.54 Å². The minimum Gasteiger partial charge on any atom is -0.356 e. The Morgan fingerprint density at radius 1 is 1.20 bits per heavy atom. The molecule has 0 aliphatic carbocycles. The number of H-pyrrole nitrogens is 1. The first-order valence-corrected chi connectivity index (χ1v) is 8.25. The lowest BCUT2D eigenvalue weighted by Crippen LogP contribution is -2.39. The van der Waals surface area contributed by atoms with E-state index < -0.39 is 0 Å². The van der Waals surface area contributed by atoms with Gasteiger partial charge in [0.05, 0.1) is 11.0 Å². The molecule has 2 aromatic carbocycles. The number of hydrogen-bond donors (Lipinski definition) is 2. The van der Waals surface area contributed by atoms with Gasteiger partial charge in [-0.3, -0.25) is 4.99 Å². The molecule has 130 valence electrons. The van der Waals surface area contributed by atoms with Gasteiger partial charge >= 0.3 is 0 Å². The lowest BCUT2D eigenvalue weighted by atomic mass is 10.2. The lowest BCUT2D eigenvalue weighted by Gasteiger charge is -2.22. The van der Waals surface area contributed by atoms with Crippen LogP contribution in [0.4, 0.5) is 4.39 Å². The Morgan fingerprint density at radius 2 is 1.96 bits per heavy atom. The molecule has 0 bridgehead atoms. The summed E-state index contributed by atoms with van der Waals surface area (Å²) in [6, 6.07) is 14.5. The summed E-state index contributed by atoms with van der Waals surface area (Å²) in [6.07, 6.45) is 0.776. The zero-order chi connectivity index (χ0) is 17.6. The molecule has 0 atom stereocenters. The number of nitrogens with one attached hydrogen (secondary N) is 2. The standard InChI is InChI=1S/C19H22FN5/c1-21-19(25(2)13-14-7-9-15(20)10-8-14)22-12-11-18-23-16-5-3-4-6-17(16)24-18/h3-10H,11-13H2,1-2H3,(H,21,22)(H,23,24). The molecular weight excluding hydrogens is 317 g/mol. The third kappa shape index (κ3) is 4.35. The molecule has 6 heteroatoms. The molecule has 5 nitrogen and oxygen atoms in total. The summed E-state index contributed by atoms with van der Waals surface area (Å²) in [5.41, 5.74) is 3.06. The van der Waals surface area contributed by atoms with Crippen LogP contribution in [0.1, 0.15) is 11.4 Å². The average Bonchev–Trinajstić information content (AvgIpc) is 3.03. The van der Waals surface area contributed by atoms with Gasteiger partial charge < -0.3 is 15.2 Å². The number of aliphatic imine (C=N–C) groups is 1. The predicted octanol–water partition coefficient (Wildman–Crippen LogP) is 2.95. The third-order valence-corrected chi connectivity index (χ3v) is 3.99. The van der Waals surface area contributed by atoms with Crippen molar-refractivity contribution in [3.63, 3.8) is 0 Å². The number of aromatic amines is 1. The Labute approximate surface area is 146 Å². The highest BCUT2D eigenvalue weighted by Gasteiger charge is 2.07. The van der Waals surface area contributed by atoms with E-state index in [1.54, 1.807) is 19.2 Å². The van der Waals surface area contributed by atoms with Crippen molar-refractivity contribution in [2.75, 3.05) is 20.6 Å². The van der Waals surface area contributed by atoms with E-state index in [9.17, 15) is 4.39 Å².